The highest BCUT2D eigenvalue weighted by molar-refractivity contribution is 7.09. The van der Waals surface area contributed by atoms with Crippen LogP contribution in [0.2, 0.25) is 0 Å². The largest absolute Gasteiger partial charge is 0.344 e. The summed E-state index contributed by atoms with van der Waals surface area (Å²) >= 11 is 1.58. The molecule has 3 heterocycles. The number of carbonyl (C=O) groups excluding carboxylic acids is 1. The van der Waals surface area contributed by atoms with Gasteiger partial charge in [-0.25, -0.2) is 4.98 Å². The fourth-order valence-electron chi connectivity index (χ4n) is 2.32. The molecule has 3 N–H and O–H groups in total. The van der Waals surface area contributed by atoms with Crippen LogP contribution in [0.3, 0.4) is 0 Å². The van der Waals surface area contributed by atoms with Crippen LogP contribution < -0.4 is 10.6 Å². The quantitative estimate of drug-likeness (QED) is 0.800. The lowest BCUT2D eigenvalue weighted by Gasteiger charge is -2.12. The van der Waals surface area contributed by atoms with E-state index in [1.165, 1.54) is 0 Å². The summed E-state index contributed by atoms with van der Waals surface area (Å²) in [5.41, 5.74) is 3.62. The predicted octanol–water partition coefficient (Wildman–Crippen LogP) is 1.57. The fourth-order valence-corrected chi connectivity index (χ4v) is 3.22. The van der Waals surface area contributed by atoms with E-state index in [1.807, 2.05) is 5.38 Å². The summed E-state index contributed by atoms with van der Waals surface area (Å²) in [5.74, 6) is 0.271. The molecule has 1 amide bonds. The molecule has 3 rings (SSSR count). The Labute approximate surface area is 127 Å². The van der Waals surface area contributed by atoms with Crippen molar-refractivity contribution in [3.05, 3.63) is 33.0 Å². The second-order valence-electron chi connectivity index (χ2n) is 5.46. The predicted molar refractivity (Wildman–Crippen MR) is 81.4 cm³/mol. The molecule has 1 aliphatic rings. The van der Waals surface area contributed by atoms with Gasteiger partial charge in [0.1, 0.15) is 5.01 Å². The second-order valence-corrected chi connectivity index (χ2v) is 6.40. The van der Waals surface area contributed by atoms with E-state index < -0.39 is 0 Å². The molecule has 2 aromatic rings. The average Bonchev–Trinajstić information content (AvgIpc) is 3.11. The first-order valence-corrected chi connectivity index (χ1v) is 8.02. The number of fused-ring (bicyclic) bond motifs is 1. The van der Waals surface area contributed by atoms with Crippen LogP contribution in [0.1, 0.15) is 52.2 Å². The minimum Gasteiger partial charge on any atom is -0.344 e. The van der Waals surface area contributed by atoms with Crippen molar-refractivity contribution in [3.63, 3.8) is 0 Å². The molecule has 0 atom stereocenters. The van der Waals surface area contributed by atoms with Crippen molar-refractivity contribution in [2.45, 2.75) is 39.3 Å². The SMILES string of the molecule is CC(C)c1csc(CNC(=O)c2n[nH]c3c2CNCC3)n1. The zero-order chi connectivity index (χ0) is 14.8. The van der Waals surface area contributed by atoms with E-state index in [-0.39, 0.29) is 5.91 Å². The highest BCUT2D eigenvalue weighted by Crippen LogP contribution is 2.18. The van der Waals surface area contributed by atoms with Crippen molar-refractivity contribution in [3.8, 4) is 0 Å². The molecular weight excluding hydrogens is 286 g/mol. The maximum absolute atomic E-state index is 12.2. The fraction of sp³-hybridized carbons (Fsp3) is 0.500. The van der Waals surface area contributed by atoms with Crippen LogP contribution in [0.5, 0.6) is 0 Å². The Balaban J connectivity index is 1.65. The summed E-state index contributed by atoms with van der Waals surface area (Å²) < 4.78 is 0. The van der Waals surface area contributed by atoms with Crippen LogP contribution in [0.25, 0.3) is 0 Å². The summed E-state index contributed by atoms with van der Waals surface area (Å²) in [6.07, 6.45) is 0.889. The molecule has 0 bridgehead atoms. The van der Waals surface area contributed by atoms with Gasteiger partial charge in [0, 0.05) is 36.1 Å². The summed E-state index contributed by atoms with van der Waals surface area (Å²) in [7, 11) is 0. The van der Waals surface area contributed by atoms with E-state index in [1.54, 1.807) is 11.3 Å². The number of rotatable bonds is 4. The lowest BCUT2D eigenvalue weighted by molar-refractivity contribution is 0.0944. The van der Waals surface area contributed by atoms with E-state index in [0.29, 0.717) is 24.7 Å². The van der Waals surface area contributed by atoms with Crippen molar-refractivity contribution < 1.29 is 4.79 Å². The normalized spacial score (nSPS) is 14.2. The van der Waals surface area contributed by atoms with Crippen LogP contribution in [-0.4, -0.2) is 27.6 Å². The van der Waals surface area contributed by atoms with Gasteiger partial charge in [0.25, 0.3) is 5.91 Å². The van der Waals surface area contributed by atoms with Gasteiger partial charge in [-0.2, -0.15) is 5.10 Å². The first kappa shape index (κ1) is 14.2. The molecule has 0 aromatic carbocycles. The van der Waals surface area contributed by atoms with Gasteiger partial charge in [-0.05, 0) is 5.92 Å². The Morgan fingerprint density at radius 3 is 3.14 bits per heavy atom. The minimum absolute atomic E-state index is 0.141. The van der Waals surface area contributed by atoms with Crippen LogP contribution >= 0.6 is 11.3 Å². The van der Waals surface area contributed by atoms with Crippen LogP contribution in [-0.2, 0) is 19.5 Å². The molecule has 0 aliphatic carbocycles. The van der Waals surface area contributed by atoms with E-state index in [9.17, 15) is 4.79 Å². The molecule has 0 radical (unpaired) electrons. The number of H-pyrrole nitrogens is 1. The van der Waals surface area contributed by atoms with E-state index in [0.717, 1.165) is 34.9 Å². The number of thiazole rings is 1. The monoisotopic (exact) mass is 305 g/mol. The second kappa shape index (κ2) is 5.95. The molecule has 112 valence electrons. The van der Waals surface area contributed by atoms with E-state index in [4.69, 9.17) is 0 Å². The van der Waals surface area contributed by atoms with Gasteiger partial charge in [0.15, 0.2) is 5.69 Å². The highest BCUT2D eigenvalue weighted by atomic mass is 32.1. The number of carbonyl (C=O) groups is 1. The Bertz CT molecular complexity index is 646. The Hall–Kier alpha value is -1.73. The number of hydrogen-bond acceptors (Lipinski definition) is 5. The smallest absolute Gasteiger partial charge is 0.272 e. The van der Waals surface area contributed by atoms with E-state index in [2.05, 4.69) is 39.7 Å². The molecule has 2 aromatic heterocycles. The molecule has 0 unspecified atom stereocenters. The highest BCUT2D eigenvalue weighted by Gasteiger charge is 2.21. The van der Waals surface area contributed by atoms with Gasteiger partial charge in [-0.1, -0.05) is 13.8 Å². The summed E-state index contributed by atoms with van der Waals surface area (Å²) in [6, 6.07) is 0. The maximum atomic E-state index is 12.2. The minimum atomic E-state index is -0.141. The van der Waals surface area contributed by atoms with Gasteiger partial charge in [0.2, 0.25) is 0 Å². The van der Waals surface area contributed by atoms with E-state index >= 15 is 0 Å². The average molecular weight is 305 g/mol. The van der Waals surface area contributed by atoms with Crippen molar-refractivity contribution in [2.24, 2.45) is 0 Å². The molecule has 21 heavy (non-hydrogen) atoms. The lowest BCUT2D eigenvalue weighted by Crippen LogP contribution is -2.28. The maximum Gasteiger partial charge on any atom is 0.272 e. The number of nitrogens with one attached hydrogen (secondary N) is 3. The van der Waals surface area contributed by atoms with Crippen molar-refractivity contribution >= 4 is 17.2 Å². The molecule has 6 nitrogen and oxygen atoms in total. The number of aromatic nitrogens is 3. The zero-order valence-electron chi connectivity index (χ0n) is 12.2. The molecule has 0 spiro atoms. The molecule has 0 saturated carbocycles. The van der Waals surface area contributed by atoms with Crippen molar-refractivity contribution in [1.29, 1.82) is 0 Å². The standard InChI is InChI=1S/C14H19N5OS/c1-8(2)11-7-21-12(17-11)6-16-14(20)13-9-5-15-4-3-10(9)18-19-13/h7-8,15H,3-6H2,1-2H3,(H,16,20)(H,18,19). The third-order valence-electron chi connectivity index (χ3n) is 3.58. The van der Waals surface area contributed by atoms with Gasteiger partial charge >= 0.3 is 0 Å². The first-order valence-electron chi connectivity index (χ1n) is 7.14. The Morgan fingerprint density at radius 1 is 1.52 bits per heavy atom. The van der Waals surface area contributed by atoms with Crippen LogP contribution in [0, 0.1) is 0 Å². The summed E-state index contributed by atoms with van der Waals surface area (Å²) in [6.45, 7) is 6.29. The van der Waals surface area contributed by atoms with Crippen molar-refractivity contribution in [1.82, 2.24) is 25.8 Å². The number of hydrogen-bond donors (Lipinski definition) is 3. The van der Waals surface area contributed by atoms with Gasteiger partial charge in [0.05, 0.1) is 12.2 Å². The zero-order valence-corrected chi connectivity index (χ0v) is 13.0. The topological polar surface area (TPSA) is 82.7 Å². The van der Waals surface area contributed by atoms with Crippen molar-refractivity contribution in [2.75, 3.05) is 6.54 Å². The molecule has 0 fully saturated rings. The lowest BCUT2D eigenvalue weighted by atomic mass is 10.1. The molecule has 1 aliphatic heterocycles. The van der Waals surface area contributed by atoms with Crippen LogP contribution in [0.15, 0.2) is 5.38 Å². The summed E-state index contributed by atoms with van der Waals surface area (Å²) in [5, 5.41) is 16.2. The molecule has 0 saturated heterocycles. The third-order valence-corrected chi connectivity index (χ3v) is 4.45. The number of aromatic amines is 1. The molecule has 7 heteroatoms. The van der Waals surface area contributed by atoms with Gasteiger partial charge < -0.3 is 10.6 Å². The summed E-state index contributed by atoms with van der Waals surface area (Å²) in [4.78, 5) is 16.8. The number of nitrogens with zero attached hydrogens (tertiary/aromatic N) is 2. The molecular formula is C14H19N5OS. The Morgan fingerprint density at radius 2 is 2.38 bits per heavy atom. The first-order chi connectivity index (χ1) is 10.1. The van der Waals surface area contributed by atoms with Gasteiger partial charge in [-0.3, -0.25) is 9.89 Å². The van der Waals surface area contributed by atoms with Crippen LogP contribution in [0.4, 0.5) is 0 Å². The number of amides is 1. The van der Waals surface area contributed by atoms with Gasteiger partial charge in [-0.15, -0.1) is 11.3 Å². The third kappa shape index (κ3) is 2.98. The Kier molecular flexibility index (Phi) is 4.03.